The van der Waals surface area contributed by atoms with Gasteiger partial charge in [-0.2, -0.15) is 13.2 Å². The number of thioether (sulfide) groups is 1. The normalized spacial score (nSPS) is 19.5. The molecule has 0 radical (unpaired) electrons. The third kappa shape index (κ3) is 5.46. The lowest BCUT2D eigenvalue weighted by molar-refractivity contribution is -0.137. The van der Waals surface area contributed by atoms with E-state index in [1.54, 1.807) is 48.5 Å². The van der Waals surface area contributed by atoms with Crippen molar-refractivity contribution in [2.75, 3.05) is 17.3 Å². The largest absolute Gasteiger partial charge is 0.497 e. The predicted octanol–water partition coefficient (Wildman–Crippen LogP) is 6.13. The Balaban J connectivity index is 1.39. The number of thiazole rings is 1. The van der Waals surface area contributed by atoms with Crippen LogP contribution in [0.3, 0.4) is 0 Å². The third-order valence-corrected chi connectivity index (χ3v) is 10.5. The van der Waals surface area contributed by atoms with Crippen LogP contribution in [-0.2, 0) is 27.1 Å². The van der Waals surface area contributed by atoms with Gasteiger partial charge in [0.2, 0.25) is 17.7 Å². The summed E-state index contributed by atoms with van der Waals surface area (Å²) < 4.78 is 47.6. The summed E-state index contributed by atoms with van der Waals surface area (Å²) in [5.41, 5.74) is -0.0352. The van der Waals surface area contributed by atoms with Crippen LogP contribution in [-0.4, -0.2) is 34.6 Å². The van der Waals surface area contributed by atoms with Crippen molar-refractivity contribution in [3.63, 3.8) is 0 Å². The summed E-state index contributed by atoms with van der Waals surface area (Å²) in [7, 11) is 1.52. The molecule has 2 unspecified atom stereocenters. The fourth-order valence-corrected chi connectivity index (χ4v) is 8.42. The smallest absolute Gasteiger partial charge is 0.416 e. The highest BCUT2D eigenvalue weighted by Crippen LogP contribution is 2.54. The Morgan fingerprint density at radius 1 is 1.00 bits per heavy atom. The summed E-state index contributed by atoms with van der Waals surface area (Å²) in [6.07, 6.45) is -4.67. The van der Waals surface area contributed by atoms with E-state index >= 15 is 0 Å². The highest BCUT2D eigenvalue weighted by molar-refractivity contribution is 9.10. The Morgan fingerprint density at radius 2 is 1.70 bits per heavy atom. The number of carbonyl (C=O) groups excluding carboxylic acids is 3. The van der Waals surface area contributed by atoms with Crippen molar-refractivity contribution in [3.05, 3.63) is 103 Å². The van der Waals surface area contributed by atoms with Crippen LogP contribution in [0.1, 0.15) is 21.9 Å². The molecule has 1 saturated heterocycles. The van der Waals surface area contributed by atoms with Gasteiger partial charge in [0, 0.05) is 21.0 Å². The number of halogens is 4. The maximum atomic E-state index is 13.9. The molecular weight excluding hydrogens is 683 g/mol. The first-order chi connectivity index (χ1) is 21.0. The average molecular weight is 705 g/mol. The zero-order chi connectivity index (χ0) is 31.3. The van der Waals surface area contributed by atoms with E-state index < -0.39 is 51.4 Å². The standard InChI is InChI=1S/C30H21BrF3N3O5S2/c1-42-20-11-9-18(10-12-20)35-21(38)14-36-28-25(44-29(36)41)22(15-5-7-17(31)8-6-15)23-24(43-28)27(40)37(26(23)39)19-4-2-3-16(13-19)30(32,33)34/h2-13,22-24H,14H2,1H3,(H,35,38)/t22-,23?,24?/m1/s1. The minimum absolute atomic E-state index is 0.181. The average Bonchev–Trinajstić information content (AvgIpc) is 3.43. The Kier molecular flexibility index (Phi) is 7.92. The fourth-order valence-electron chi connectivity index (χ4n) is 5.38. The summed E-state index contributed by atoms with van der Waals surface area (Å²) in [5, 5.41) is 2.07. The van der Waals surface area contributed by atoms with Crippen molar-refractivity contribution >= 4 is 68.1 Å². The molecule has 44 heavy (non-hydrogen) atoms. The van der Waals surface area contributed by atoms with Crippen LogP contribution in [0.4, 0.5) is 24.5 Å². The molecule has 3 amide bonds. The second kappa shape index (κ2) is 11.6. The molecule has 1 N–H and O–H groups in total. The quantitative estimate of drug-likeness (QED) is 0.243. The summed E-state index contributed by atoms with van der Waals surface area (Å²) in [4.78, 5) is 54.9. The van der Waals surface area contributed by atoms with Gasteiger partial charge >= 0.3 is 11.0 Å². The lowest BCUT2D eigenvalue weighted by Gasteiger charge is -2.30. The first kappa shape index (κ1) is 30.2. The summed E-state index contributed by atoms with van der Waals surface area (Å²) in [5.74, 6) is -2.97. The number of fused-ring (bicyclic) bond motifs is 2. The molecule has 1 fully saturated rings. The monoisotopic (exact) mass is 703 g/mol. The minimum Gasteiger partial charge on any atom is -0.497 e. The number of imide groups is 1. The van der Waals surface area contributed by atoms with Gasteiger partial charge in [-0.3, -0.25) is 23.7 Å². The van der Waals surface area contributed by atoms with Gasteiger partial charge in [-0.15, -0.1) is 0 Å². The molecule has 2 aliphatic heterocycles. The van der Waals surface area contributed by atoms with Crippen molar-refractivity contribution in [2.24, 2.45) is 5.92 Å². The van der Waals surface area contributed by atoms with Gasteiger partial charge in [0.1, 0.15) is 17.5 Å². The molecule has 0 bridgehead atoms. The van der Waals surface area contributed by atoms with Gasteiger partial charge in [0.25, 0.3) is 0 Å². The lowest BCUT2D eigenvalue weighted by atomic mass is 9.83. The van der Waals surface area contributed by atoms with Gasteiger partial charge in [-0.1, -0.05) is 57.2 Å². The molecule has 1 aromatic heterocycles. The minimum atomic E-state index is -4.67. The first-order valence-electron chi connectivity index (χ1n) is 13.1. The van der Waals surface area contributed by atoms with E-state index in [9.17, 15) is 32.3 Å². The van der Waals surface area contributed by atoms with E-state index in [2.05, 4.69) is 21.2 Å². The second-order valence-electron chi connectivity index (χ2n) is 10.1. The van der Waals surface area contributed by atoms with Crippen LogP contribution in [0.2, 0.25) is 0 Å². The van der Waals surface area contributed by atoms with Crippen molar-refractivity contribution in [1.29, 1.82) is 0 Å². The van der Waals surface area contributed by atoms with Crippen molar-refractivity contribution in [2.45, 2.75) is 28.9 Å². The number of amides is 3. The Labute approximate surface area is 265 Å². The number of alkyl halides is 3. The molecule has 8 nitrogen and oxygen atoms in total. The van der Waals surface area contributed by atoms with Gasteiger partial charge in [-0.05, 0) is 60.2 Å². The molecular formula is C30H21BrF3N3O5S2. The molecule has 3 aromatic carbocycles. The van der Waals surface area contributed by atoms with E-state index in [1.807, 2.05) is 0 Å². The topological polar surface area (TPSA) is 97.7 Å². The van der Waals surface area contributed by atoms with E-state index in [4.69, 9.17) is 4.74 Å². The van der Waals surface area contributed by atoms with Crippen LogP contribution < -0.4 is 19.8 Å². The highest BCUT2D eigenvalue weighted by Gasteiger charge is 2.57. The maximum absolute atomic E-state index is 13.9. The number of methoxy groups -OCH3 is 1. The molecule has 6 rings (SSSR count). The first-order valence-corrected chi connectivity index (χ1v) is 15.6. The Morgan fingerprint density at radius 3 is 2.36 bits per heavy atom. The number of aromatic nitrogens is 1. The van der Waals surface area contributed by atoms with E-state index in [0.29, 0.717) is 26.9 Å². The third-order valence-electron chi connectivity index (χ3n) is 7.39. The molecule has 226 valence electrons. The highest BCUT2D eigenvalue weighted by atomic mass is 79.9. The molecule has 3 heterocycles. The number of nitrogens with zero attached hydrogens (tertiary/aromatic N) is 2. The number of nitrogens with one attached hydrogen (secondary N) is 1. The lowest BCUT2D eigenvalue weighted by Crippen LogP contribution is -2.33. The zero-order valence-electron chi connectivity index (χ0n) is 22.6. The summed E-state index contributed by atoms with van der Waals surface area (Å²) in [6.45, 7) is -0.354. The summed E-state index contributed by atoms with van der Waals surface area (Å²) >= 11 is 5.25. The number of carbonyl (C=O) groups is 3. The zero-order valence-corrected chi connectivity index (χ0v) is 25.9. The molecule has 4 aromatic rings. The fraction of sp³-hybridized carbons (Fsp3) is 0.200. The number of rotatable bonds is 6. The van der Waals surface area contributed by atoms with Crippen LogP contribution in [0.25, 0.3) is 0 Å². The van der Waals surface area contributed by atoms with Crippen LogP contribution >= 0.6 is 39.0 Å². The number of hydrogen-bond acceptors (Lipinski definition) is 7. The predicted molar refractivity (Wildman–Crippen MR) is 163 cm³/mol. The van der Waals surface area contributed by atoms with Crippen molar-refractivity contribution < 1.29 is 32.3 Å². The van der Waals surface area contributed by atoms with Gasteiger partial charge in [-0.25, -0.2) is 4.90 Å². The Hall–Kier alpha value is -3.88. The van der Waals surface area contributed by atoms with E-state index in [1.165, 1.54) is 17.7 Å². The van der Waals surface area contributed by atoms with Crippen LogP contribution in [0, 0.1) is 5.92 Å². The number of hydrogen-bond donors (Lipinski definition) is 1. The Bertz CT molecular complexity index is 1840. The molecule has 3 atom stereocenters. The number of anilines is 2. The van der Waals surface area contributed by atoms with Crippen LogP contribution in [0.15, 0.2) is 87.1 Å². The second-order valence-corrected chi connectivity index (χ2v) is 13.1. The maximum Gasteiger partial charge on any atom is 0.416 e. The SMILES string of the molecule is COc1ccc(NC(=O)Cn2c3c(sc2=O)[C@H](c2ccc(Br)cc2)C2C(=O)N(c4cccc(C(F)(F)F)c4)C(=O)C2S3)cc1. The van der Waals surface area contributed by atoms with E-state index in [-0.39, 0.29) is 12.2 Å². The van der Waals surface area contributed by atoms with Crippen molar-refractivity contribution in [3.8, 4) is 5.75 Å². The number of ether oxygens (including phenoxy) is 1. The molecule has 0 saturated carbocycles. The van der Waals surface area contributed by atoms with E-state index in [0.717, 1.165) is 50.7 Å². The molecule has 0 aliphatic carbocycles. The van der Waals surface area contributed by atoms with Gasteiger partial charge in [0.15, 0.2) is 0 Å². The number of benzene rings is 3. The molecule has 14 heteroatoms. The van der Waals surface area contributed by atoms with Crippen LogP contribution in [0.5, 0.6) is 5.75 Å². The van der Waals surface area contributed by atoms with Crippen molar-refractivity contribution in [1.82, 2.24) is 4.57 Å². The molecule has 2 aliphatic rings. The van der Waals surface area contributed by atoms with Gasteiger partial charge in [0.05, 0.1) is 29.3 Å². The van der Waals surface area contributed by atoms with Gasteiger partial charge < -0.3 is 10.1 Å². The molecule has 0 spiro atoms. The summed E-state index contributed by atoms with van der Waals surface area (Å²) in [6, 6.07) is 17.8.